The average molecular weight is 262 g/mol. The Balaban J connectivity index is 0.00000128. The first kappa shape index (κ1) is 13.0. The summed E-state index contributed by atoms with van der Waals surface area (Å²) < 4.78 is 26.8. The van der Waals surface area contributed by atoms with Crippen LogP contribution in [0, 0.1) is 0 Å². The van der Waals surface area contributed by atoms with Crippen LogP contribution in [0.2, 0.25) is 0 Å². The van der Waals surface area contributed by atoms with Crippen molar-refractivity contribution in [2.24, 2.45) is 10.1 Å². The van der Waals surface area contributed by atoms with Gasteiger partial charge in [0.15, 0.2) is 0 Å². The average Bonchev–Trinajstić information content (AvgIpc) is 2.15. The van der Waals surface area contributed by atoms with Crippen LogP contribution in [0.25, 0.3) is 0 Å². The van der Waals surface area contributed by atoms with Gasteiger partial charge in [0, 0.05) is 6.54 Å². The monoisotopic (exact) mass is 261 g/mol. The Kier molecular flexibility index (Phi) is 3.57. The van der Waals surface area contributed by atoms with Crippen LogP contribution in [0.4, 0.5) is 5.69 Å². The molecule has 1 aliphatic rings. The van der Waals surface area contributed by atoms with Crippen LogP contribution in [-0.2, 0) is 16.6 Å². The quantitative estimate of drug-likeness (QED) is 0.793. The second kappa shape index (κ2) is 4.40. The third kappa shape index (κ3) is 2.18. The fourth-order valence-corrected chi connectivity index (χ4v) is 2.61. The molecule has 2 rings (SSSR count). The smallest absolute Gasteiger partial charge is 0.286 e. The largest absolute Gasteiger partial charge is 0.342 e. The number of rotatable bonds is 1. The maximum Gasteiger partial charge on any atom is 0.286 e. The van der Waals surface area contributed by atoms with Gasteiger partial charge in [-0.05, 0) is 24.6 Å². The first-order valence-electron chi connectivity index (χ1n) is 4.44. The van der Waals surface area contributed by atoms with Crippen LogP contribution in [0.15, 0.2) is 27.5 Å². The molecular weight excluding hydrogens is 250 g/mol. The van der Waals surface area contributed by atoms with E-state index in [0.29, 0.717) is 18.1 Å². The predicted molar refractivity (Wildman–Crippen MR) is 65.5 cm³/mol. The summed E-state index contributed by atoms with van der Waals surface area (Å²) in [5.41, 5.74) is 6.91. The van der Waals surface area contributed by atoms with E-state index in [2.05, 4.69) is 9.71 Å². The number of sulfonamides is 1. The highest BCUT2D eigenvalue weighted by atomic mass is 35.5. The van der Waals surface area contributed by atoms with Gasteiger partial charge < -0.3 is 11.1 Å². The molecule has 1 aliphatic heterocycles. The molecule has 5 nitrogen and oxygen atoms in total. The minimum atomic E-state index is -3.53. The van der Waals surface area contributed by atoms with Gasteiger partial charge in [-0.15, -0.1) is 16.8 Å². The van der Waals surface area contributed by atoms with E-state index in [0.717, 1.165) is 5.56 Å². The molecule has 0 unspecified atom stereocenters. The predicted octanol–water partition coefficient (Wildman–Crippen LogP) is 1.10. The van der Waals surface area contributed by atoms with Gasteiger partial charge in [-0.2, -0.15) is 8.42 Å². The van der Waals surface area contributed by atoms with Gasteiger partial charge in [-0.3, -0.25) is 0 Å². The number of halogens is 1. The fourth-order valence-electron chi connectivity index (χ4n) is 1.47. The lowest BCUT2D eigenvalue weighted by atomic mass is 10.2. The first-order valence-corrected chi connectivity index (χ1v) is 5.88. The third-order valence-corrected chi connectivity index (χ3v) is 3.56. The SMILES string of the molecule is CC1=NS(=O)(=O)c2ccc(CN)cc2N1.Cl. The van der Waals surface area contributed by atoms with Gasteiger partial charge in [0.05, 0.1) is 5.69 Å². The summed E-state index contributed by atoms with van der Waals surface area (Å²) in [5.74, 6) is 0.372. The molecule has 0 saturated heterocycles. The van der Waals surface area contributed by atoms with Crippen LogP contribution in [0.1, 0.15) is 12.5 Å². The van der Waals surface area contributed by atoms with Gasteiger partial charge in [0.25, 0.3) is 10.0 Å². The number of amidine groups is 1. The summed E-state index contributed by atoms with van der Waals surface area (Å²) in [6.07, 6.45) is 0. The number of hydrogen-bond donors (Lipinski definition) is 2. The Hall–Kier alpha value is -1.11. The second-order valence-electron chi connectivity index (χ2n) is 3.31. The molecule has 0 radical (unpaired) electrons. The van der Waals surface area contributed by atoms with E-state index in [1.807, 2.05) is 0 Å². The standard InChI is InChI=1S/C9H11N3O2S.ClH/c1-6-11-8-4-7(5-10)2-3-9(8)15(13,14)12-6;/h2-4H,5,10H2,1H3,(H,11,12);1H. The number of nitrogens with two attached hydrogens (primary N) is 1. The Labute approximate surface area is 100 Å². The first-order chi connectivity index (χ1) is 7.03. The molecular formula is C9H12ClN3O2S. The molecule has 0 saturated carbocycles. The molecule has 0 amide bonds. The van der Waals surface area contributed by atoms with Crippen molar-refractivity contribution < 1.29 is 8.42 Å². The van der Waals surface area contributed by atoms with Crippen molar-refractivity contribution in [2.45, 2.75) is 18.4 Å². The molecule has 0 bridgehead atoms. The van der Waals surface area contributed by atoms with Crippen LogP contribution in [0.3, 0.4) is 0 Å². The number of benzene rings is 1. The highest BCUT2D eigenvalue weighted by Crippen LogP contribution is 2.27. The topological polar surface area (TPSA) is 84.5 Å². The lowest BCUT2D eigenvalue weighted by Crippen LogP contribution is -2.18. The molecule has 1 heterocycles. The summed E-state index contributed by atoms with van der Waals surface area (Å²) in [6.45, 7) is 1.99. The van der Waals surface area contributed by atoms with Gasteiger partial charge in [0.1, 0.15) is 10.7 Å². The van der Waals surface area contributed by atoms with E-state index in [4.69, 9.17) is 5.73 Å². The highest BCUT2D eigenvalue weighted by Gasteiger charge is 2.22. The normalized spacial score (nSPS) is 16.5. The van der Waals surface area contributed by atoms with Gasteiger partial charge in [-0.25, -0.2) is 0 Å². The molecule has 3 N–H and O–H groups in total. The van der Waals surface area contributed by atoms with Gasteiger partial charge >= 0.3 is 0 Å². The Bertz CT molecular complexity index is 540. The zero-order chi connectivity index (χ0) is 11.1. The molecule has 0 atom stereocenters. The summed E-state index contributed by atoms with van der Waals surface area (Å²) >= 11 is 0. The number of nitrogens with one attached hydrogen (secondary N) is 1. The maximum absolute atomic E-state index is 11.6. The number of hydrogen-bond acceptors (Lipinski definition) is 4. The number of nitrogens with zero attached hydrogens (tertiary/aromatic N) is 1. The molecule has 0 aromatic heterocycles. The lowest BCUT2D eigenvalue weighted by molar-refractivity contribution is 0.597. The van der Waals surface area contributed by atoms with Crippen molar-refractivity contribution in [2.75, 3.05) is 5.32 Å². The fraction of sp³-hybridized carbons (Fsp3) is 0.222. The Morgan fingerprint density at radius 3 is 2.75 bits per heavy atom. The molecule has 1 aromatic rings. The van der Waals surface area contributed by atoms with E-state index in [-0.39, 0.29) is 17.3 Å². The van der Waals surface area contributed by atoms with Crippen LogP contribution in [0.5, 0.6) is 0 Å². The molecule has 0 spiro atoms. The van der Waals surface area contributed by atoms with Gasteiger partial charge in [-0.1, -0.05) is 6.07 Å². The lowest BCUT2D eigenvalue weighted by Gasteiger charge is -2.16. The summed E-state index contributed by atoms with van der Waals surface area (Å²) in [5, 5.41) is 2.91. The van der Waals surface area contributed by atoms with E-state index >= 15 is 0 Å². The van der Waals surface area contributed by atoms with E-state index < -0.39 is 10.0 Å². The van der Waals surface area contributed by atoms with Gasteiger partial charge in [0.2, 0.25) is 0 Å². The van der Waals surface area contributed by atoms with Crippen molar-refractivity contribution in [1.29, 1.82) is 0 Å². The molecule has 0 aliphatic carbocycles. The molecule has 1 aromatic carbocycles. The van der Waals surface area contributed by atoms with Crippen molar-refractivity contribution in [3.8, 4) is 0 Å². The molecule has 7 heteroatoms. The Morgan fingerprint density at radius 2 is 2.12 bits per heavy atom. The Morgan fingerprint density at radius 1 is 1.44 bits per heavy atom. The minimum absolute atomic E-state index is 0. The van der Waals surface area contributed by atoms with Crippen molar-refractivity contribution >= 4 is 34.0 Å². The molecule has 88 valence electrons. The zero-order valence-corrected chi connectivity index (χ0v) is 10.2. The van der Waals surface area contributed by atoms with Crippen LogP contribution < -0.4 is 11.1 Å². The summed E-state index contributed by atoms with van der Waals surface area (Å²) in [6, 6.07) is 4.94. The number of fused-ring (bicyclic) bond motifs is 1. The third-order valence-electron chi connectivity index (χ3n) is 2.13. The van der Waals surface area contributed by atoms with E-state index in [1.54, 1.807) is 19.1 Å². The summed E-state index contributed by atoms with van der Waals surface area (Å²) in [7, 11) is -3.53. The zero-order valence-electron chi connectivity index (χ0n) is 8.60. The second-order valence-corrected chi connectivity index (χ2v) is 4.88. The van der Waals surface area contributed by atoms with Crippen molar-refractivity contribution in [3.05, 3.63) is 23.8 Å². The van der Waals surface area contributed by atoms with E-state index in [1.165, 1.54) is 6.07 Å². The van der Waals surface area contributed by atoms with Crippen LogP contribution in [-0.4, -0.2) is 14.3 Å². The van der Waals surface area contributed by atoms with Crippen LogP contribution >= 0.6 is 12.4 Å². The number of anilines is 1. The highest BCUT2D eigenvalue weighted by molar-refractivity contribution is 7.90. The molecule has 0 fully saturated rings. The van der Waals surface area contributed by atoms with E-state index in [9.17, 15) is 8.42 Å². The van der Waals surface area contributed by atoms with Crippen molar-refractivity contribution in [3.63, 3.8) is 0 Å². The maximum atomic E-state index is 11.6. The summed E-state index contributed by atoms with van der Waals surface area (Å²) in [4.78, 5) is 0.199. The minimum Gasteiger partial charge on any atom is -0.342 e. The molecule has 16 heavy (non-hydrogen) atoms. The van der Waals surface area contributed by atoms with Crippen molar-refractivity contribution in [1.82, 2.24) is 0 Å².